The molecule has 0 bridgehead atoms. The quantitative estimate of drug-likeness (QED) is 0.0596. The van der Waals surface area contributed by atoms with Gasteiger partial charge < -0.3 is 44.4 Å². The SMILES string of the molecule is C1CCOC1.CO.COC(=O)c1nc(C)c(-c2c(Br)cnn2C)c(C)n1.COC(=O)c1nc(C)c(-c2ccnn2C)c(C)n1.COC(=O)c1nc(C)c(Br)c(C)n1.Cc1nc(C(=O)O)nc(C)c1-c1c(Br)cnn1C.Cn1nccc1[B]OC(C)(C)C(C)(C)O.[B]=NS.[Na+].[OH-]. The molecular formula is C58H79B2Br3N17NaO13S. The van der Waals surface area contributed by atoms with E-state index in [4.69, 9.17) is 19.6 Å². The van der Waals surface area contributed by atoms with E-state index in [2.05, 4.69) is 147 Å². The van der Waals surface area contributed by atoms with Crippen LogP contribution in [0.25, 0.3) is 33.8 Å². The maximum Gasteiger partial charge on any atom is 1.00 e. The summed E-state index contributed by atoms with van der Waals surface area (Å²) in [6.07, 6.45) is 9.36. The maximum absolute atomic E-state index is 11.5. The topological polar surface area (TPSA) is 392 Å². The summed E-state index contributed by atoms with van der Waals surface area (Å²) in [7, 11) is 18.2. The van der Waals surface area contributed by atoms with Gasteiger partial charge in [0.2, 0.25) is 23.3 Å². The summed E-state index contributed by atoms with van der Waals surface area (Å²) >= 11 is 13.4. The zero-order chi connectivity index (χ0) is 70.8. The van der Waals surface area contributed by atoms with E-state index in [-0.39, 0.29) is 58.3 Å². The molecule has 4 N–H and O–H groups in total. The van der Waals surface area contributed by atoms with Crippen molar-refractivity contribution in [3.05, 3.63) is 119 Å². The molecule has 0 unspecified atom stereocenters. The number of hydrogen-bond acceptors (Lipinski definition) is 26. The first-order chi connectivity index (χ1) is 43.6. The fraction of sp³-hybridized carbons (Fsp3) is 0.448. The van der Waals surface area contributed by atoms with E-state index >= 15 is 0 Å². The number of aliphatic hydroxyl groups excluding tert-OH is 1. The number of nitrogens with zero attached hydrogens (tertiary/aromatic N) is 17. The second-order valence-electron chi connectivity index (χ2n) is 20.5. The molecule has 9 rings (SSSR count). The van der Waals surface area contributed by atoms with Crippen molar-refractivity contribution in [2.75, 3.05) is 41.7 Å². The van der Waals surface area contributed by atoms with Crippen molar-refractivity contribution in [1.82, 2.24) is 79.0 Å². The van der Waals surface area contributed by atoms with E-state index in [1.807, 2.05) is 81.9 Å². The van der Waals surface area contributed by atoms with Gasteiger partial charge in [0.1, 0.15) is 0 Å². The molecule has 8 aromatic rings. The minimum absolute atomic E-state index is 0. The van der Waals surface area contributed by atoms with Crippen molar-refractivity contribution in [3.63, 3.8) is 0 Å². The molecule has 37 heteroatoms. The van der Waals surface area contributed by atoms with Crippen LogP contribution in [0.3, 0.4) is 0 Å². The number of halogens is 3. The number of hydrogen-bond donors (Lipinski definition) is 4. The monoisotopic (exact) mass is 1540 g/mol. The molecule has 95 heavy (non-hydrogen) atoms. The molecule has 0 spiro atoms. The van der Waals surface area contributed by atoms with Crippen molar-refractivity contribution in [2.45, 2.75) is 107 Å². The number of aromatic nitrogens is 16. The number of thiol groups is 1. The average Bonchev–Trinajstić information content (AvgIpc) is 1.77. The summed E-state index contributed by atoms with van der Waals surface area (Å²) in [6.45, 7) is 23.6. The zero-order valence-electron chi connectivity index (χ0n) is 57.1. The minimum atomic E-state index is -1.13. The minimum Gasteiger partial charge on any atom is -0.870 e. The standard InChI is InChI=1S/C12H13BrN4O2.C12H14N4O2.C11H11BrN4O2.C10H18BN2O2.C8H9BrN2O2.C4H8O.CH4O.BHNS.Na.H2O/c1-6-9(10-8(13)5-14-17(10)3)7(2)16-11(15-6)12(18)19-4;1-7-10(9-5-6-13-16(9)3)8(2)15-11(14-7)12(17)18-4;1-5-8(9-7(12)4-13-16(9)3)6(2)15-10(14-5)11(17)18;1-9(2,14)10(3,4)15-11-8-6-7-12-13(8)5;1-4-6(9)5(2)11-7(10-4)8(12)13-3;1-2-4-5-3-1;1-2;1-2-3;;/h5H,1-4H3;5-6H,1-4H3;4H,1-3H3,(H,17,18);6-7,14H,1-5H3;1-3H3;1-4H2;2H,1H3;3H;;1H2/q;;;;;;;;+1;/p-1. The Morgan fingerprint density at radius 1 is 0.579 bits per heavy atom. The fourth-order valence-electron chi connectivity index (χ4n) is 7.92. The van der Waals surface area contributed by atoms with Gasteiger partial charge in [-0.3, -0.25) is 18.7 Å². The Labute approximate surface area is 606 Å². The number of carboxylic acid groups (broad SMARTS) is 1. The van der Waals surface area contributed by atoms with Gasteiger partial charge in [0.15, 0.2) is 0 Å². The summed E-state index contributed by atoms with van der Waals surface area (Å²) in [6, 6.07) is 3.73. The van der Waals surface area contributed by atoms with Gasteiger partial charge >= 0.3 is 85.7 Å². The number of carbonyl (C=O) groups excluding carboxylic acids is 3. The second kappa shape index (κ2) is 42.3. The van der Waals surface area contributed by atoms with Gasteiger partial charge in [-0.2, -0.15) is 20.4 Å². The number of ether oxygens (including phenoxy) is 4. The molecule has 0 aliphatic carbocycles. The van der Waals surface area contributed by atoms with E-state index in [0.717, 1.165) is 95.9 Å². The Morgan fingerprint density at radius 2 is 0.905 bits per heavy atom. The van der Waals surface area contributed by atoms with E-state index in [1.165, 1.54) is 34.2 Å². The predicted octanol–water partition coefficient (Wildman–Crippen LogP) is 4.57. The van der Waals surface area contributed by atoms with Crippen LogP contribution in [0.15, 0.2) is 54.6 Å². The molecule has 1 saturated heterocycles. The Kier molecular flexibility index (Phi) is 39.4. The largest absolute Gasteiger partial charge is 1.00 e. The van der Waals surface area contributed by atoms with E-state index in [0.29, 0.717) is 22.8 Å². The molecule has 8 aromatic heterocycles. The van der Waals surface area contributed by atoms with Crippen LogP contribution in [0.5, 0.6) is 0 Å². The van der Waals surface area contributed by atoms with Crippen LogP contribution >= 0.6 is 60.6 Å². The average molecular weight is 1540 g/mol. The Balaban J connectivity index is 0.00000112. The van der Waals surface area contributed by atoms with Crippen molar-refractivity contribution < 1.29 is 93.1 Å². The first-order valence-corrected chi connectivity index (χ1v) is 30.6. The number of esters is 3. The van der Waals surface area contributed by atoms with E-state index in [9.17, 15) is 24.3 Å². The van der Waals surface area contributed by atoms with E-state index < -0.39 is 35.1 Å². The predicted molar refractivity (Wildman–Crippen MR) is 364 cm³/mol. The van der Waals surface area contributed by atoms with Gasteiger partial charge in [0, 0.05) is 83.2 Å². The molecule has 30 nitrogen and oxygen atoms in total. The van der Waals surface area contributed by atoms with Gasteiger partial charge in [0.25, 0.3) is 0 Å². The molecule has 1 aliphatic rings. The van der Waals surface area contributed by atoms with Crippen LogP contribution in [-0.2, 0) is 51.8 Å². The van der Waals surface area contributed by atoms with E-state index in [1.54, 1.807) is 92.5 Å². The number of aryl methyl sites for hydroxylation is 12. The van der Waals surface area contributed by atoms with Crippen LogP contribution in [-0.4, -0.2) is 192 Å². The van der Waals surface area contributed by atoms with Crippen molar-refractivity contribution in [2.24, 2.45) is 32.5 Å². The number of carbonyl (C=O) groups is 4. The van der Waals surface area contributed by atoms with Gasteiger partial charge in [-0.25, -0.2) is 59.0 Å². The maximum atomic E-state index is 11.5. The third-order valence-electron chi connectivity index (χ3n) is 13.3. The molecule has 508 valence electrons. The molecular weight excluding hydrogens is 1460 g/mol. The summed E-state index contributed by atoms with van der Waals surface area (Å²) in [5.74, 6) is -2.65. The normalized spacial score (nSPS) is 11.0. The smallest absolute Gasteiger partial charge is 0.870 e. The van der Waals surface area contributed by atoms with Gasteiger partial charge in [-0.15, -0.1) is 0 Å². The fourth-order valence-corrected chi connectivity index (χ4v) is 9.19. The first kappa shape index (κ1) is 88.6. The third-order valence-corrected chi connectivity index (χ3v) is 15.6. The van der Waals surface area contributed by atoms with Gasteiger partial charge in [0.05, 0.1) is 121 Å². The molecule has 0 aromatic carbocycles. The third kappa shape index (κ3) is 25.8. The Morgan fingerprint density at radius 3 is 1.17 bits per heavy atom. The molecule has 1 fully saturated rings. The molecule has 0 amide bonds. The summed E-state index contributed by atoms with van der Waals surface area (Å²) < 4.78 is 36.4. The number of aromatic carboxylic acids is 1. The molecule has 9 heterocycles. The number of rotatable bonds is 11. The number of carboxylic acids is 1. The number of methoxy groups -OCH3 is 3. The number of aliphatic hydroxyl groups is 2. The first-order valence-electron chi connectivity index (χ1n) is 27.8. The van der Waals surface area contributed by atoms with Crippen LogP contribution in [0.1, 0.15) is 129 Å². The summed E-state index contributed by atoms with van der Waals surface area (Å²) in [5.41, 5.74) is 10.1. The molecule has 2 radical (unpaired) electrons. The van der Waals surface area contributed by atoms with Crippen molar-refractivity contribution in [3.8, 4) is 33.8 Å². The van der Waals surface area contributed by atoms with Crippen molar-refractivity contribution in [1.29, 1.82) is 0 Å². The van der Waals surface area contributed by atoms with Gasteiger partial charge in [-0.05, 0) is 156 Å². The van der Waals surface area contributed by atoms with Crippen LogP contribution < -0.4 is 35.2 Å². The van der Waals surface area contributed by atoms with Crippen LogP contribution in [0.4, 0.5) is 0 Å². The van der Waals surface area contributed by atoms with Crippen molar-refractivity contribution >= 4 is 105 Å². The summed E-state index contributed by atoms with van der Waals surface area (Å²) in [4.78, 5) is 77.5. The van der Waals surface area contributed by atoms with Gasteiger partial charge in [-0.1, -0.05) is 0 Å². The van der Waals surface area contributed by atoms with Crippen LogP contribution in [0, 0.1) is 55.4 Å². The second-order valence-corrected chi connectivity index (χ2v) is 23.2. The zero-order valence-corrected chi connectivity index (χ0v) is 64.7. The summed E-state index contributed by atoms with van der Waals surface area (Å²) in [5, 5.41) is 42.2. The molecule has 1 aliphatic heterocycles. The Hall–Kier alpha value is -6.44. The molecule has 0 saturated carbocycles. The Bertz CT molecular complexity index is 3690. The molecule has 0 atom stereocenters. The van der Waals surface area contributed by atoms with Crippen LogP contribution in [0.2, 0.25) is 0 Å².